The molecule has 1 heterocycles. The van der Waals surface area contributed by atoms with Gasteiger partial charge < -0.3 is 16.0 Å². The van der Waals surface area contributed by atoms with Crippen molar-refractivity contribution in [2.45, 2.75) is 6.54 Å². The van der Waals surface area contributed by atoms with E-state index in [4.69, 9.17) is 5.73 Å². The van der Waals surface area contributed by atoms with Crippen molar-refractivity contribution in [2.24, 2.45) is 5.73 Å². The summed E-state index contributed by atoms with van der Waals surface area (Å²) in [5, 5.41) is 4.51. The van der Waals surface area contributed by atoms with Crippen LogP contribution in [0.3, 0.4) is 0 Å². The van der Waals surface area contributed by atoms with Crippen LogP contribution in [-0.2, 0) is 6.54 Å². The number of hydrogen-bond donors (Lipinski definition) is 3. The summed E-state index contributed by atoms with van der Waals surface area (Å²) < 4.78 is 0. The first-order valence-corrected chi connectivity index (χ1v) is 6.43. The number of hydrogen-bond acceptors (Lipinski definition) is 2. The van der Waals surface area contributed by atoms with Gasteiger partial charge >= 0.3 is 0 Å². The fraction of sp³-hybridized carbons (Fsp3) is 0.0625. The minimum atomic E-state index is -0.416. The first kappa shape index (κ1) is 12.3. The summed E-state index contributed by atoms with van der Waals surface area (Å²) in [5.41, 5.74) is 8.97. The molecule has 4 nitrogen and oxygen atoms in total. The predicted molar refractivity (Wildman–Crippen MR) is 80.6 cm³/mol. The zero-order valence-electron chi connectivity index (χ0n) is 10.9. The molecule has 0 bridgehead atoms. The molecule has 0 atom stereocenters. The van der Waals surface area contributed by atoms with E-state index in [0.717, 1.165) is 11.2 Å². The number of anilines is 1. The Morgan fingerprint density at radius 2 is 2.00 bits per heavy atom. The van der Waals surface area contributed by atoms with Crippen LogP contribution in [0.1, 0.15) is 15.9 Å². The zero-order chi connectivity index (χ0) is 13.9. The van der Waals surface area contributed by atoms with Gasteiger partial charge in [-0.2, -0.15) is 0 Å². The van der Waals surface area contributed by atoms with Crippen molar-refractivity contribution in [2.75, 3.05) is 5.32 Å². The molecule has 2 aromatic carbocycles. The highest BCUT2D eigenvalue weighted by molar-refractivity contribution is 5.93. The van der Waals surface area contributed by atoms with Crippen LogP contribution in [0.15, 0.2) is 54.7 Å². The van der Waals surface area contributed by atoms with E-state index in [1.165, 1.54) is 10.9 Å². The van der Waals surface area contributed by atoms with Crippen LogP contribution in [0.25, 0.3) is 10.9 Å². The van der Waals surface area contributed by atoms with E-state index in [2.05, 4.69) is 16.4 Å². The first-order valence-electron chi connectivity index (χ1n) is 6.43. The molecular formula is C16H15N3O. The molecular weight excluding hydrogens is 250 g/mol. The van der Waals surface area contributed by atoms with E-state index in [0.29, 0.717) is 12.1 Å². The third-order valence-corrected chi connectivity index (χ3v) is 3.30. The number of rotatable bonds is 4. The molecule has 0 aliphatic carbocycles. The quantitative estimate of drug-likeness (QED) is 0.678. The largest absolute Gasteiger partial charge is 0.381 e. The summed E-state index contributed by atoms with van der Waals surface area (Å²) in [6.07, 6.45) is 2.00. The molecule has 20 heavy (non-hydrogen) atoms. The fourth-order valence-electron chi connectivity index (χ4n) is 2.26. The molecule has 3 rings (SSSR count). The summed E-state index contributed by atoms with van der Waals surface area (Å²) >= 11 is 0. The molecule has 0 fully saturated rings. The molecule has 100 valence electrons. The van der Waals surface area contributed by atoms with Crippen LogP contribution in [0.5, 0.6) is 0 Å². The van der Waals surface area contributed by atoms with Gasteiger partial charge in [0.1, 0.15) is 0 Å². The highest BCUT2D eigenvalue weighted by Crippen LogP contribution is 2.19. The smallest absolute Gasteiger partial charge is 0.248 e. The second-order valence-corrected chi connectivity index (χ2v) is 4.66. The van der Waals surface area contributed by atoms with Gasteiger partial charge in [-0.3, -0.25) is 4.79 Å². The average molecular weight is 265 g/mol. The van der Waals surface area contributed by atoms with Gasteiger partial charge in [0.15, 0.2) is 0 Å². The van der Waals surface area contributed by atoms with E-state index >= 15 is 0 Å². The number of carbonyl (C=O) groups is 1. The Hall–Kier alpha value is -2.75. The van der Waals surface area contributed by atoms with Gasteiger partial charge in [0, 0.05) is 34.9 Å². The third-order valence-electron chi connectivity index (χ3n) is 3.30. The summed E-state index contributed by atoms with van der Waals surface area (Å²) in [7, 11) is 0. The maximum absolute atomic E-state index is 11.2. The molecule has 0 radical (unpaired) electrons. The molecule has 4 heteroatoms. The molecule has 0 saturated heterocycles. The average Bonchev–Trinajstić information content (AvgIpc) is 2.89. The summed E-state index contributed by atoms with van der Waals surface area (Å²) in [6.45, 7) is 0.687. The van der Waals surface area contributed by atoms with Crippen LogP contribution in [0.4, 0.5) is 5.69 Å². The number of aromatic amines is 1. The van der Waals surface area contributed by atoms with Gasteiger partial charge in [0.2, 0.25) is 5.91 Å². The van der Waals surface area contributed by atoms with Crippen molar-refractivity contribution >= 4 is 22.5 Å². The minimum Gasteiger partial charge on any atom is -0.381 e. The highest BCUT2D eigenvalue weighted by atomic mass is 16.1. The van der Waals surface area contributed by atoms with Crippen LogP contribution in [0.2, 0.25) is 0 Å². The first-order chi connectivity index (χ1) is 9.74. The highest BCUT2D eigenvalue weighted by Gasteiger charge is 2.04. The monoisotopic (exact) mass is 265 g/mol. The minimum absolute atomic E-state index is 0.416. The Bertz CT molecular complexity index is 761. The zero-order valence-corrected chi connectivity index (χ0v) is 10.9. The normalized spacial score (nSPS) is 10.6. The number of para-hydroxylation sites is 1. The lowest BCUT2D eigenvalue weighted by molar-refractivity contribution is 0.100. The number of amides is 1. The Labute approximate surface area is 116 Å². The van der Waals surface area contributed by atoms with E-state index in [-0.39, 0.29) is 0 Å². The molecule has 1 amide bonds. The number of benzene rings is 2. The van der Waals surface area contributed by atoms with E-state index in [9.17, 15) is 4.79 Å². The van der Waals surface area contributed by atoms with Gasteiger partial charge in [-0.1, -0.05) is 24.3 Å². The van der Waals surface area contributed by atoms with Gasteiger partial charge in [0.25, 0.3) is 0 Å². The second-order valence-electron chi connectivity index (χ2n) is 4.66. The summed E-state index contributed by atoms with van der Waals surface area (Å²) in [5.74, 6) is -0.416. The molecule has 0 aliphatic rings. The third kappa shape index (κ3) is 2.36. The topological polar surface area (TPSA) is 70.9 Å². The molecule has 0 spiro atoms. The number of nitrogens with one attached hydrogen (secondary N) is 2. The van der Waals surface area contributed by atoms with Crippen molar-refractivity contribution in [1.82, 2.24) is 4.98 Å². The van der Waals surface area contributed by atoms with Crippen LogP contribution in [-0.4, -0.2) is 10.9 Å². The maximum atomic E-state index is 11.2. The van der Waals surface area contributed by atoms with E-state index in [1.807, 2.05) is 36.5 Å². The van der Waals surface area contributed by atoms with Crippen molar-refractivity contribution in [3.63, 3.8) is 0 Å². The lowest BCUT2D eigenvalue weighted by atomic mass is 10.1. The van der Waals surface area contributed by atoms with E-state index in [1.54, 1.807) is 12.1 Å². The SMILES string of the molecule is NC(=O)c1cccc(NCc2c[nH]c3ccccc23)c1. The standard InChI is InChI=1S/C16H15N3O/c17-16(20)11-4-3-5-13(8-11)18-9-12-10-19-15-7-2-1-6-14(12)15/h1-8,10,18-19H,9H2,(H2,17,20). The van der Waals surface area contributed by atoms with Crippen molar-refractivity contribution in [3.8, 4) is 0 Å². The molecule has 4 N–H and O–H groups in total. The Kier molecular flexibility index (Phi) is 3.13. The lowest BCUT2D eigenvalue weighted by Gasteiger charge is -2.06. The fourth-order valence-corrected chi connectivity index (χ4v) is 2.26. The lowest BCUT2D eigenvalue weighted by Crippen LogP contribution is -2.11. The molecule has 1 aromatic heterocycles. The summed E-state index contributed by atoms with van der Waals surface area (Å²) in [6, 6.07) is 15.4. The second kappa shape index (κ2) is 5.09. The van der Waals surface area contributed by atoms with Gasteiger partial charge in [-0.05, 0) is 29.8 Å². The van der Waals surface area contributed by atoms with Crippen molar-refractivity contribution in [1.29, 1.82) is 0 Å². The number of H-pyrrole nitrogens is 1. The van der Waals surface area contributed by atoms with Crippen LogP contribution < -0.4 is 11.1 Å². The molecule has 3 aromatic rings. The maximum Gasteiger partial charge on any atom is 0.248 e. The van der Waals surface area contributed by atoms with Crippen molar-refractivity contribution in [3.05, 3.63) is 65.9 Å². The number of nitrogens with two attached hydrogens (primary N) is 1. The number of primary amides is 1. The van der Waals surface area contributed by atoms with Crippen LogP contribution in [0, 0.1) is 0 Å². The Morgan fingerprint density at radius 1 is 1.15 bits per heavy atom. The van der Waals surface area contributed by atoms with Gasteiger partial charge in [0.05, 0.1) is 0 Å². The summed E-state index contributed by atoms with van der Waals surface area (Å²) in [4.78, 5) is 14.4. The Balaban J connectivity index is 1.79. The number of aromatic nitrogens is 1. The predicted octanol–water partition coefficient (Wildman–Crippen LogP) is 2.88. The van der Waals surface area contributed by atoms with Crippen molar-refractivity contribution < 1.29 is 4.79 Å². The van der Waals surface area contributed by atoms with E-state index < -0.39 is 5.91 Å². The van der Waals surface area contributed by atoms with Gasteiger partial charge in [-0.15, -0.1) is 0 Å². The van der Waals surface area contributed by atoms with Crippen LogP contribution >= 0.6 is 0 Å². The molecule has 0 aliphatic heterocycles. The molecule has 0 unspecified atom stereocenters. The number of carbonyl (C=O) groups excluding carboxylic acids is 1. The Morgan fingerprint density at radius 3 is 2.85 bits per heavy atom. The number of fused-ring (bicyclic) bond motifs is 1. The molecule has 0 saturated carbocycles. The van der Waals surface area contributed by atoms with Gasteiger partial charge in [-0.25, -0.2) is 0 Å².